The number of benzene rings is 1. The summed E-state index contributed by atoms with van der Waals surface area (Å²) in [7, 11) is 0. The van der Waals surface area contributed by atoms with Crippen molar-refractivity contribution in [1.82, 2.24) is 10.2 Å². The Kier molecular flexibility index (Phi) is 2.17. The molecule has 1 aromatic carbocycles. The maximum absolute atomic E-state index is 5.61. The largest absolute Gasteiger partial charge is 0.382 e. The minimum atomic E-state index is 0.545. The second-order valence-corrected chi connectivity index (χ2v) is 4.46. The molecule has 1 aliphatic rings. The number of aromatic amines is 1. The fourth-order valence-electron chi connectivity index (χ4n) is 2.19. The van der Waals surface area contributed by atoms with Crippen LogP contribution in [0.4, 0.5) is 5.82 Å². The Labute approximate surface area is 94.7 Å². The summed E-state index contributed by atoms with van der Waals surface area (Å²) in [6.45, 7) is 0. The Balaban J connectivity index is 1.95. The Morgan fingerprint density at radius 1 is 1.25 bits per heavy atom. The first kappa shape index (κ1) is 9.46. The van der Waals surface area contributed by atoms with Crippen LogP contribution < -0.4 is 5.73 Å². The van der Waals surface area contributed by atoms with Gasteiger partial charge in [-0.3, -0.25) is 5.10 Å². The third kappa shape index (κ3) is 1.58. The Bertz CT molecular complexity index is 497. The summed E-state index contributed by atoms with van der Waals surface area (Å²) in [5.41, 5.74) is 9.22. The number of H-pyrrole nitrogens is 1. The van der Waals surface area contributed by atoms with Crippen molar-refractivity contribution in [3.63, 3.8) is 0 Å². The minimum absolute atomic E-state index is 0.545. The first-order valence-electron chi connectivity index (χ1n) is 5.74. The molecular weight excluding hydrogens is 198 g/mol. The molecule has 1 aliphatic carbocycles. The molecule has 1 saturated carbocycles. The van der Waals surface area contributed by atoms with Gasteiger partial charge in [0.25, 0.3) is 0 Å². The molecule has 0 saturated heterocycles. The van der Waals surface area contributed by atoms with Crippen LogP contribution in [0.3, 0.4) is 0 Å². The van der Waals surface area contributed by atoms with E-state index in [2.05, 4.69) is 34.5 Å². The van der Waals surface area contributed by atoms with Crippen LogP contribution in [0.1, 0.15) is 30.7 Å². The molecule has 0 aliphatic heterocycles. The standard InChI is InChI=1S/C13H15N3/c14-13-8-12(15-16-13)11-6-2-5-10(7-11)9-3-1-4-9/h2,5-9H,1,3-4H2,(H3,14,15,16). The van der Waals surface area contributed by atoms with Gasteiger partial charge in [-0.2, -0.15) is 5.10 Å². The van der Waals surface area contributed by atoms with Crippen LogP contribution >= 0.6 is 0 Å². The fourth-order valence-corrected chi connectivity index (χ4v) is 2.19. The molecule has 3 rings (SSSR count). The van der Waals surface area contributed by atoms with Gasteiger partial charge in [0.05, 0.1) is 5.69 Å². The highest BCUT2D eigenvalue weighted by atomic mass is 15.2. The van der Waals surface area contributed by atoms with Gasteiger partial charge in [0.15, 0.2) is 0 Å². The molecule has 0 radical (unpaired) electrons. The Morgan fingerprint density at radius 2 is 2.12 bits per heavy atom. The van der Waals surface area contributed by atoms with Crippen molar-refractivity contribution in [1.29, 1.82) is 0 Å². The van der Waals surface area contributed by atoms with E-state index in [1.807, 2.05) is 6.07 Å². The van der Waals surface area contributed by atoms with Gasteiger partial charge in [0.2, 0.25) is 0 Å². The lowest BCUT2D eigenvalue weighted by Crippen LogP contribution is -2.08. The monoisotopic (exact) mass is 213 g/mol. The zero-order chi connectivity index (χ0) is 11.0. The van der Waals surface area contributed by atoms with Crippen molar-refractivity contribution in [2.45, 2.75) is 25.2 Å². The first-order chi connectivity index (χ1) is 7.83. The fraction of sp³-hybridized carbons (Fsp3) is 0.308. The topological polar surface area (TPSA) is 54.7 Å². The molecule has 0 spiro atoms. The molecule has 0 bridgehead atoms. The average Bonchev–Trinajstić information content (AvgIpc) is 2.63. The maximum atomic E-state index is 5.61. The lowest BCUT2D eigenvalue weighted by Gasteiger charge is -2.26. The van der Waals surface area contributed by atoms with Crippen molar-refractivity contribution < 1.29 is 0 Å². The van der Waals surface area contributed by atoms with Gasteiger partial charge in [-0.15, -0.1) is 0 Å². The first-order valence-corrected chi connectivity index (χ1v) is 5.74. The van der Waals surface area contributed by atoms with Gasteiger partial charge in [0, 0.05) is 6.07 Å². The quantitative estimate of drug-likeness (QED) is 0.805. The predicted octanol–water partition coefficient (Wildman–Crippen LogP) is 2.93. The van der Waals surface area contributed by atoms with E-state index in [9.17, 15) is 0 Å². The van der Waals surface area contributed by atoms with Gasteiger partial charge in [0.1, 0.15) is 5.82 Å². The number of aromatic nitrogens is 2. The number of nitrogens with zero attached hydrogens (tertiary/aromatic N) is 1. The number of nitrogens with one attached hydrogen (secondary N) is 1. The molecule has 82 valence electrons. The Hall–Kier alpha value is -1.77. The number of nitrogen functional groups attached to an aromatic ring is 1. The van der Waals surface area contributed by atoms with E-state index >= 15 is 0 Å². The zero-order valence-electron chi connectivity index (χ0n) is 9.11. The molecule has 1 heterocycles. The summed E-state index contributed by atoms with van der Waals surface area (Å²) in [5, 5.41) is 6.90. The minimum Gasteiger partial charge on any atom is -0.382 e. The number of hydrogen-bond donors (Lipinski definition) is 2. The van der Waals surface area contributed by atoms with Gasteiger partial charge in [-0.1, -0.05) is 24.6 Å². The molecule has 1 fully saturated rings. The normalized spacial score (nSPS) is 16.0. The molecular formula is C13H15N3. The van der Waals surface area contributed by atoms with E-state index in [0.717, 1.165) is 11.6 Å². The van der Waals surface area contributed by atoms with Crippen LogP contribution in [0.25, 0.3) is 11.3 Å². The smallest absolute Gasteiger partial charge is 0.145 e. The van der Waals surface area contributed by atoms with Crippen LogP contribution in [0.2, 0.25) is 0 Å². The second-order valence-electron chi connectivity index (χ2n) is 4.46. The van der Waals surface area contributed by atoms with Crippen LogP contribution in [-0.4, -0.2) is 10.2 Å². The molecule has 16 heavy (non-hydrogen) atoms. The Morgan fingerprint density at radius 3 is 2.75 bits per heavy atom. The zero-order valence-corrected chi connectivity index (χ0v) is 9.11. The third-order valence-electron chi connectivity index (χ3n) is 3.37. The number of nitrogens with two attached hydrogens (primary N) is 1. The van der Waals surface area contributed by atoms with E-state index in [0.29, 0.717) is 5.82 Å². The van der Waals surface area contributed by atoms with Crippen molar-refractivity contribution >= 4 is 5.82 Å². The highest BCUT2D eigenvalue weighted by Crippen LogP contribution is 2.37. The van der Waals surface area contributed by atoms with Gasteiger partial charge in [-0.25, -0.2) is 0 Å². The maximum Gasteiger partial charge on any atom is 0.145 e. The van der Waals surface area contributed by atoms with E-state index in [4.69, 9.17) is 5.73 Å². The van der Waals surface area contributed by atoms with Gasteiger partial charge >= 0.3 is 0 Å². The molecule has 3 nitrogen and oxygen atoms in total. The average molecular weight is 213 g/mol. The summed E-state index contributed by atoms with van der Waals surface area (Å²) < 4.78 is 0. The van der Waals surface area contributed by atoms with Crippen molar-refractivity contribution in [3.8, 4) is 11.3 Å². The van der Waals surface area contributed by atoms with E-state index in [1.54, 1.807) is 0 Å². The lowest BCUT2D eigenvalue weighted by atomic mass is 9.79. The second kappa shape index (κ2) is 3.67. The summed E-state index contributed by atoms with van der Waals surface area (Å²) in [6, 6.07) is 10.5. The summed E-state index contributed by atoms with van der Waals surface area (Å²) in [4.78, 5) is 0. The number of anilines is 1. The molecule has 0 amide bonds. The third-order valence-corrected chi connectivity index (χ3v) is 3.37. The summed E-state index contributed by atoms with van der Waals surface area (Å²) in [6.07, 6.45) is 4.02. The molecule has 3 N–H and O–H groups in total. The molecule has 3 heteroatoms. The van der Waals surface area contributed by atoms with Crippen LogP contribution in [0.15, 0.2) is 30.3 Å². The number of hydrogen-bond acceptors (Lipinski definition) is 2. The van der Waals surface area contributed by atoms with Crippen LogP contribution in [-0.2, 0) is 0 Å². The molecule has 0 atom stereocenters. The van der Waals surface area contributed by atoms with Gasteiger partial charge < -0.3 is 5.73 Å². The van der Waals surface area contributed by atoms with Crippen molar-refractivity contribution in [3.05, 3.63) is 35.9 Å². The summed E-state index contributed by atoms with van der Waals surface area (Å²) in [5.74, 6) is 1.31. The molecule has 0 unspecified atom stereocenters. The highest BCUT2D eigenvalue weighted by Gasteiger charge is 2.19. The lowest BCUT2D eigenvalue weighted by molar-refractivity contribution is 0.420. The van der Waals surface area contributed by atoms with E-state index < -0.39 is 0 Å². The summed E-state index contributed by atoms with van der Waals surface area (Å²) >= 11 is 0. The van der Waals surface area contributed by atoms with Crippen molar-refractivity contribution in [2.75, 3.05) is 5.73 Å². The van der Waals surface area contributed by atoms with Crippen LogP contribution in [0.5, 0.6) is 0 Å². The highest BCUT2D eigenvalue weighted by molar-refractivity contribution is 5.62. The van der Waals surface area contributed by atoms with Gasteiger partial charge in [-0.05, 0) is 36.0 Å². The van der Waals surface area contributed by atoms with Crippen LogP contribution in [0, 0.1) is 0 Å². The number of rotatable bonds is 2. The molecule has 2 aromatic rings. The molecule has 1 aromatic heterocycles. The predicted molar refractivity (Wildman–Crippen MR) is 65.0 cm³/mol. The SMILES string of the molecule is Nc1cc(-c2cccc(C3CCC3)c2)[nH]n1. The van der Waals surface area contributed by atoms with E-state index in [-0.39, 0.29) is 0 Å². The van der Waals surface area contributed by atoms with Crippen molar-refractivity contribution in [2.24, 2.45) is 0 Å². The van der Waals surface area contributed by atoms with E-state index in [1.165, 1.54) is 30.4 Å².